The van der Waals surface area contributed by atoms with Gasteiger partial charge in [-0.3, -0.25) is 9.36 Å². The molecule has 5 heteroatoms. The molecule has 84 valence electrons. The van der Waals surface area contributed by atoms with Gasteiger partial charge >= 0.3 is 0 Å². The molecule has 0 amide bonds. The highest BCUT2D eigenvalue weighted by Gasteiger charge is 2.07. The van der Waals surface area contributed by atoms with Crippen molar-refractivity contribution in [2.45, 2.75) is 6.54 Å². The molecule has 16 heavy (non-hydrogen) atoms. The third-order valence-corrected chi connectivity index (χ3v) is 2.69. The van der Waals surface area contributed by atoms with Crippen LogP contribution in [-0.2, 0) is 6.54 Å². The molecule has 2 aromatic rings. The van der Waals surface area contributed by atoms with Crippen molar-refractivity contribution in [1.29, 1.82) is 0 Å². The average molecular weight is 238 g/mol. The van der Waals surface area contributed by atoms with Gasteiger partial charge in [0.15, 0.2) is 0 Å². The summed E-state index contributed by atoms with van der Waals surface area (Å²) in [6.07, 6.45) is 0. The summed E-state index contributed by atoms with van der Waals surface area (Å²) in [6, 6.07) is 7.20. The molecule has 1 aromatic carbocycles. The highest BCUT2D eigenvalue weighted by atomic mass is 35.5. The smallest absolute Gasteiger partial charge is 0.262 e. The van der Waals surface area contributed by atoms with Crippen LogP contribution in [0.1, 0.15) is 0 Å². The van der Waals surface area contributed by atoms with Crippen LogP contribution in [0.25, 0.3) is 10.9 Å². The summed E-state index contributed by atoms with van der Waals surface area (Å²) in [4.78, 5) is 16.3. The standard InChI is InChI=1S/C11H12ClN3O/c1-13-6-7-15-10(16)8-4-2-3-5-9(8)14-11(15)12/h2-5,13H,6-7H2,1H3. The van der Waals surface area contributed by atoms with E-state index >= 15 is 0 Å². The second-order valence-corrected chi connectivity index (χ2v) is 3.80. The number of benzene rings is 1. The number of rotatable bonds is 3. The first kappa shape index (κ1) is 11.1. The first-order valence-corrected chi connectivity index (χ1v) is 5.41. The van der Waals surface area contributed by atoms with Crippen molar-refractivity contribution in [2.75, 3.05) is 13.6 Å². The average Bonchev–Trinajstić information content (AvgIpc) is 2.29. The summed E-state index contributed by atoms with van der Waals surface area (Å²) in [5, 5.41) is 3.81. The van der Waals surface area contributed by atoms with Gasteiger partial charge in [-0.15, -0.1) is 0 Å². The molecule has 0 aliphatic carbocycles. The molecule has 0 spiro atoms. The van der Waals surface area contributed by atoms with Gasteiger partial charge in [0.25, 0.3) is 5.56 Å². The van der Waals surface area contributed by atoms with E-state index in [2.05, 4.69) is 10.3 Å². The monoisotopic (exact) mass is 237 g/mol. The van der Waals surface area contributed by atoms with Crippen LogP contribution in [0.15, 0.2) is 29.1 Å². The topological polar surface area (TPSA) is 46.9 Å². The normalized spacial score (nSPS) is 10.9. The SMILES string of the molecule is CNCCn1c(Cl)nc2ccccc2c1=O. The van der Waals surface area contributed by atoms with Gasteiger partial charge in [-0.05, 0) is 30.8 Å². The zero-order valence-electron chi connectivity index (χ0n) is 8.90. The molecule has 0 aliphatic heterocycles. The quantitative estimate of drug-likeness (QED) is 0.818. The zero-order chi connectivity index (χ0) is 11.5. The molecule has 1 N–H and O–H groups in total. The fourth-order valence-corrected chi connectivity index (χ4v) is 1.81. The fraction of sp³-hybridized carbons (Fsp3) is 0.273. The third kappa shape index (κ3) is 1.94. The molecule has 0 saturated heterocycles. The maximum atomic E-state index is 12.1. The number of fused-ring (bicyclic) bond motifs is 1. The molecule has 0 fully saturated rings. The van der Waals surface area contributed by atoms with Gasteiger partial charge in [-0.25, -0.2) is 4.98 Å². The Morgan fingerprint density at radius 1 is 1.44 bits per heavy atom. The Kier molecular flexibility index (Phi) is 3.22. The van der Waals surface area contributed by atoms with Crippen LogP contribution in [0, 0.1) is 0 Å². The van der Waals surface area contributed by atoms with Crippen LogP contribution in [0.3, 0.4) is 0 Å². The summed E-state index contributed by atoms with van der Waals surface area (Å²) in [5.74, 6) is 0. The molecule has 0 atom stereocenters. The van der Waals surface area contributed by atoms with Crippen LogP contribution < -0.4 is 10.9 Å². The van der Waals surface area contributed by atoms with Crippen molar-refractivity contribution < 1.29 is 0 Å². The predicted molar refractivity (Wildman–Crippen MR) is 64.9 cm³/mol. The Morgan fingerprint density at radius 3 is 2.94 bits per heavy atom. The third-order valence-electron chi connectivity index (χ3n) is 2.40. The minimum atomic E-state index is -0.0918. The van der Waals surface area contributed by atoms with Gasteiger partial charge in [-0.1, -0.05) is 12.1 Å². The summed E-state index contributed by atoms with van der Waals surface area (Å²) in [6.45, 7) is 1.20. The molecule has 1 aromatic heterocycles. The Hall–Kier alpha value is -1.39. The van der Waals surface area contributed by atoms with Crippen molar-refractivity contribution in [1.82, 2.24) is 14.9 Å². The maximum absolute atomic E-state index is 12.1. The number of halogens is 1. The van der Waals surface area contributed by atoms with Gasteiger partial charge in [0.1, 0.15) is 0 Å². The molecule has 0 aliphatic rings. The minimum Gasteiger partial charge on any atom is -0.318 e. The maximum Gasteiger partial charge on any atom is 0.262 e. The van der Waals surface area contributed by atoms with E-state index in [4.69, 9.17) is 11.6 Å². The molecule has 0 saturated carbocycles. The fourth-order valence-electron chi connectivity index (χ4n) is 1.56. The summed E-state index contributed by atoms with van der Waals surface area (Å²) >= 11 is 5.97. The van der Waals surface area contributed by atoms with E-state index in [-0.39, 0.29) is 10.8 Å². The largest absolute Gasteiger partial charge is 0.318 e. The van der Waals surface area contributed by atoms with Crippen molar-refractivity contribution in [2.24, 2.45) is 0 Å². The lowest BCUT2D eigenvalue weighted by molar-refractivity contribution is 0.622. The molecular weight excluding hydrogens is 226 g/mol. The van der Waals surface area contributed by atoms with Gasteiger partial charge in [0, 0.05) is 13.1 Å². The van der Waals surface area contributed by atoms with Crippen molar-refractivity contribution >= 4 is 22.5 Å². The first-order valence-electron chi connectivity index (χ1n) is 5.03. The number of nitrogens with zero attached hydrogens (tertiary/aromatic N) is 2. The van der Waals surface area contributed by atoms with Crippen LogP contribution in [0.4, 0.5) is 0 Å². The number of aromatic nitrogens is 2. The lowest BCUT2D eigenvalue weighted by atomic mass is 10.2. The summed E-state index contributed by atoms with van der Waals surface area (Å²) in [5.41, 5.74) is 0.545. The molecule has 0 unspecified atom stereocenters. The highest BCUT2D eigenvalue weighted by Crippen LogP contribution is 2.10. The van der Waals surface area contributed by atoms with Crippen LogP contribution >= 0.6 is 11.6 Å². The molecular formula is C11H12ClN3O. The predicted octanol–water partition coefficient (Wildman–Crippen LogP) is 1.27. The number of hydrogen-bond acceptors (Lipinski definition) is 3. The highest BCUT2D eigenvalue weighted by molar-refractivity contribution is 6.28. The second-order valence-electron chi connectivity index (χ2n) is 3.46. The van der Waals surface area contributed by atoms with Crippen LogP contribution in [0.5, 0.6) is 0 Å². The number of nitrogens with one attached hydrogen (secondary N) is 1. The van der Waals surface area contributed by atoms with Crippen LogP contribution in [-0.4, -0.2) is 23.1 Å². The van der Waals surface area contributed by atoms with Crippen molar-refractivity contribution in [3.8, 4) is 0 Å². The zero-order valence-corrected chi connectivity index (χ0v) is 9.66. The molecule has 0 bridgehead atoms. The summed E-state index contributed by atoms with van der Waals surface area (Å²) in [7, 11) is 1.83. The molecule has 1 heterocycles. The number of para-hydroxylation sites is 1. The van der Waals surface area contributed by atoms with E-state index < -0.39 is 0 Å². The summed E-state index contributed by atoms with van der Waals surface area (Å²) < 4.78 is 1.47. The van der Waals surface area contributed by atoms with Gasteiger partial charge in [0.05, 0.1) is 10.9 Å². The van der Waals surface area contributed by atoms with E-state index in [1.54, 1.807) is 12.1 Å². The molecule has 0 radical (unpaired) electrons. The van der Waals surface area contributed by atoms with Crippen LogP contribution in [0.2, 0.25) is 5.28 Å². The first-order chi connectivity index (χ1) is 7.74. The lowest BCUT2D eigenvalue weighted by Crippen LogP contribution is -2.26. The van der Waals surface area contributed by atoms with Crippen molar-refractivity contribution in [3.05, 3.63) is 39.9 Å². The van der Waals surface area contributed by atoms with E-state index in [0.717, 1.165) is 0 Å². The van der Waals surface area contributed by atoms with E-state index in [0.29, 0.717) is 24.0 Å². The Bertz CT molecular complexity index is 565. The molecule has 4 nitrogen and oxygen atoms in total. The Labute approximate surface area is 97.9 Å². The second kappa shape index (κ2) is 4.63. The Balaban J connectivity index is 2.61. The van der Waals surface area contributed by atoms with E-state index in [1.165, 1.54) is 4.57 Å². The number of likely N-dealkylation sites (N-methyl/N-ethyl adjacent to an activating group) is 1. The van der Waals surface area contributed by atoms with E-state index in [1.807, 2.05) is 19.2 Å². The Morgan fingerprint density at radius 2 is 2.19 bits per heavy atom. The van der Waals surface area contributed by atoms with Gasteiger partial charge in [-0.2, -0.15) is 0 Å². The number of hydrogen-bond donors (Lipinski definition) is 1. The minimum absolute atomic E-state index is 0.0918. The van der Waals surface area contributed by atoms with Gasteiger partial charge in [0.2, 0.25) is 5.28 Å². The lowest BCUT2D eigenvalue weighted by Gasteiger charge is -2.08. The molecule has 2 rings (SSSR count). The van der Waals surface area contributed by atoms with Crippen molar-refractivity contribution in [3.63, 3.8) is 0 Å². The van der Waals surface area contributed by atoms with Gasteiger partial charge < -0.3 is 5.32 Å². The van der Waals surface area contributed by atoms with E-state index in [9.17, 15) is 4.79 Å².